The number of rotatable bonds is 7. The van der Waals surface area contributed by atoms with Gasteiger partial charge in [0.2, 0.25) is 18.4 Å². The standard InChI is InChI=1S/C33H37N10O/c1-38-15-17-42(22-38)28-11-13-40(20-28)26-7-3-24(4-8-26)35-30-19-31(44)32(34)37-33(30)36-25-5-9-27(10-6-25)41-14-12-29(21-41)43-18-16-39(2)23-43/h3-10,15-19,22-23,28-29H,11-14,20-21H2,1-2H3,(H2-,34,35,36,37,44)/q+1/p+1. The van der Waals surface area contributed by atoms with Crippen LogP contribution in [0.15, 0.2) is 108 Å². The lowest BCUT2D eigenvalue weighted by Crippen LogP contribution is -2.30. The number of nitrogens with one attached hydrogen (secondary N) is 1. The molecular weight excluding hydrogens is 552 g/mol. The number of imidazole rings is 2. The van der Waals surface area contributed by atoms with Crippen molar-refractivity contribution in [1.29, 1.82) is 0 Å². The molecule has 7 rings (SSSR count). The van der Waals surface area contributed by atoms with Gasteiger partial charge in [0.25, 0.3) is 0 Å². The van der Waals surface area contributed by atoms with Gasteiger partial charge in [0, 0.05) is 49.1 Å². The van der Waals surface area contributed by atoms with E-state index in [-0.39, 0.29) is 11.6 Å². The third-order valence-corrected chi connectivity index (χ3v) is 8.71. The molecule has 3 aliphatic rings. The normalized spacial score (nSPS) is 21.2. The minimum absolute atomic E-state index is 0.0670. The number of carbonyl (C=O) groups is 1. The van der Waals surface area contributed by atoms with Crippen LogP contribution in [0, 0.1) is 0 Å². The van der Waals surface area contributed by atoms with Crippen LogP contribution in [-0.4, -0.2) is 52.8 Å². The van der Waals surface area contributed by atoms with Crippen molar-refractivity contribution >= 4 is 40.2 Å². The molecule has 2 fully saturated rings. The molecule has 0 amide bonds. The second-order valence-electron chi connectivity index (χ2n) is 11.9. The van der Waals surface area contributed by atoms with Crippen LogP contribution in [0.5, 0.6) is 0 Å². The number of carbonyl (C=O) groups excluding carboxylic acids is 1. The Morgan fingerprint density at radius 3 is 1.91 bits per heavy atom. The Morgan fingerprint density at radius 1 is 0.841 bits per heavy atom. The van der Waals surface area contributed by atoms with E-state index in [1.165, 1.54) is 11.8 Å². The molecule has 0 radical (unpaired) electrons. The Labute approximate surface area is 256 Å². The van der Waals surface area contributed by atoms with E-state index >= 15 is 0 Å². The van der Waals surface area contributed by atoms with Crippen molar-refractivity contribution in [1.82, 2.24) is 9.13 Å². The summed E-state index contributed by atoms with van der Waals surface area (Å²) in [5.41, 5.74) is 10.4. The highest BCUT2D eigenvalue weighted by molar-refractivity contribution is 6.47. The predicted molar refractivity (Wildman–Crippen MR) is 171 cm³/mol. The minimum Gasteiger partial charge on any atom is -0.380 e. The molecule has 2 aromatic carbocycles. The van der Waals surface area contributed by atoms with Gasteiger partial charge >= 0.3 is 0 Å². The van der Waals surface area contributed by atoms with Crippen molar-refractivity contribution in [3.05, 3.63) is 97.7 Å². The summed E-state index contributed by atoms with van der Waals surface area (Å²) >= 11 is 0. The lowest BCUT2D eigenvalue weighted by Gasteiger charge is -2.19. The van der Waals surface area contributed by atoms with E-state index in [2.05, 4.69) is 100 Å². The Kier molecular flexibility index (Phi) is 7.21. The number of hydrogen-bond donors (Lipinski definition) is 2. The molecule has 44 heavy (non-hydrogen) atoms. The van der Waals surface area contributed by atoms with E-state index in [1.807, 2.05) is 38.4 Å². The van der Waals surface area contributed by atoms with Crippen LogP contribution in [-0.2, 0) is 18.9 Å². The molecule has 4 aromatic rings. The predicted octanol–water partition coefficient (Wildman–Crippen LogP) is 2.81. The molecule has 0 spiro atoms. The summed E-state index contributed by atoms with van der Waals surface area (Å²) in [6.07, 6.45) is 16.4. The first kappa shape index (κ1) is 27.6. The SMILES string of the molecule is C[n+]1ccn(C2CCN(c3ccc(N=C4N=C(N)C(=O)C=C4Nc4ccc(N5CCC(n6cc[n+](C)c6)C5)cc4)cc3)C2)c1. The third-order valence-electron chi connectivity index (χ3n) is 8.71. The molecular formula is C33H38N10O+2. The van der Waals surface area contributed by atoms with Gasteiger partial charge in [-0.1, -0.05) is 0 Å². The Bertz CT molecular complexity index is 1760. The zero-order chi connectivity index (χ0) is 30.2. The molecule has 5 heterocycles. The maximum absolute atomic E-state index is 12.4. The number of benzene rings is 2. The maximum Gasteiger partial charge on any atom is 0.243 e. The van der Waals surface area contributed by atoms with Gasteiger partial charge in [-0.25, -0.2) is 28.3 Å². The van der Waals surface area contributed by atoms with Crippen molar-refractivity contribution in [2.45, 2.75) is 24.9 Å². The highest BCUT2D eigenvalue weighted by Gasteiger charge is 2.29. The number of dihydropyridines is 1. The van der Waals surface area contributed by atoms with E-state index < -0.39 is 0 Å². The first-order chi connectivity index (χ1) is 21.4. The summed E-state index contributed by atoms with van der Waals surface area (Å²) in [6, 6.07) is 17.3. The largest absolute Gasteiger partial charge is 0.380 e. The van der Waals surface area contributed by atoms with E-state index in [0.717, 1.165) is 56.1 Å². The van der Waals surface area contributed by atoms with Gasteiger partial charge in [-0.05, 0) is 48.5 Å². The topological polar surface area (TPSA) is 104 Å². The number of nitrogens with two attached hydrogens (primary N) is 1. The first-order valence-corrected chi connectivity index (χ1v) is 15.1. The fourth-order valence-electron chi connectivity index (χ4n) is 6.26. The number of aliphatic imine (C=N–C) groups is 2. The van der Waals surface area contributed by atoms with Gasteiger partial charge in [0.1, 0.15) is 36.9 Å². The first-order valence-electron chi connectivity index (χ1n) is 15.1. The van der Waals surface area contributed by atoms with Crippen LogP contribution in [0.4, 0.5) is 22.7 Å². The van der Waals surface area contributed by atoms with Crippen LogP contribution in [0.2, 0.25) is 0 Å². The van der Waals surface area contributed by atoms with Crippen LogP contribution < -0.4 is 30.0 Å². The molecule has 11 heteroatoms. The fraction of sp³-hybridized carbons (Fsp3) is 0.303. The minimum atomic E-state index is -0.334. The number of aryl methyl sites for hydroxylation is 2. The summed E-state index contributed by atoms with van der Waals surface area (Å²) in [5, 5.41) is 3.34. The van der Waals surface area contributed by atoms with Gasteiger partial charge in [-0.3, -0.25) is 4.79 Å². The molecule has 224 valence electrons. The van der Waals surface area contributed by atoms with Crippen molar-refractivity contribution in [3.8, 4) is 0 Å². The van der Waals surface area contributed by atoms with Gasteiger partial charge in [0.05, 0.1) is 38.6 Å². The Hall–Kier alpha value is -5.19. The van der Waals surface area contributed by atoms with Crippen molar-refractivity contribution < 1.29 is 13.9 Å². The van der Waals surface area contributed by atoms with E-state index in [9.17, 15) is 4.79 Å². The second-order valence-corrected chi connectivity index (χ2v) is 11.9. The number of hydrogen-bond acceptors (Lipinski definition) is 6. The molecule has 0 saturated carbocycles. The molecule has 0 aliphatic carbocycles. The average Bonchev–Trinajstić information content (AvgIpc) is 3.84. The molecule has 2 unspecified atom stereocenters. The summed E-state index contributed by atoms with van der Waals surface area (Å²) in [4.78, 5) is 26.3. The van der Waals surface area contributed by atoms with Gasteiger partial charge < -0.3 is 20.9 Å². The monoisotopic (exact) mass is 590 g/mol. The molecule has 2 aromatic heterocycles. The molecule has 11 nitrogen and oxygen atoms in total. The van der Waals surface area contributed by atoms with Gasteiger partial charge in [-0.15, -0.1) is 0 Å². The van der Waals surface area contributed by atoms with Gasteiger partial charge in [0.15, 0.2) is 11.7 Å². The summed E-state index contributed by atoms with van der Waals surface area (Å²) in [6.45, 7) is 3.94. The number of amidine groups is 2. The lowest BCUT2D eigenvalue weighted by atomic mass is 10.2. The number of nitrogens with zero attached hydrogens (tertiary/aromatic N) is 8. The smallest absolute Gasteiger partial charge is 0.243 e. The van der Waals surface area contributed by atoms with Crippen molar-refractivity contribution in [3.63, 3.8) is 0 Å². The lowest BCUT2D eigenvalue weighted by molar-refractivity contribution is -0.671. The maximum atomic E-state index is 12.4. The average molecular weight is 591 g/mol. The van der Waals surface area contributed by atoms with Crippen LogP contribution in [0.25, 0.3) is 0 Å². The highest BCUT2D eigenvalue weighted by atomic mass is 16.1. The van der Waals surface area contributed by atoms with Gasteiger partial charge in [-0.2, -0.15) is 0 Å². The number of ketones is 1. The van der Waals surface area contributed by atoms with Crippen LogP contribution in [0.3, 0.4) is 0 Å². The molecule has 0 bridgehead atoms. The van der Waals surface area contributed by atoms with Crippen molar-refractivity contribution in [2.75, 3.05) is 41.3 Å². The summed E-state index contributed by atoms with van der Waals surface area (Å²) < 4.78 is 8.73. The highest BCUT2D eigenvalue weighted by Crippen LogP contribution is 2.30. The second kappa shape index (κ2) is 11.5. The molecule has 3 N–H and O–H groups in total. The summed E-state index contributed by atoms with van der Waals surface area (Å²) in [7, 11) is 4.09. The molecule has 2 saturated heterocycles. The van der Waals surface area contributed by atoms with E-state index in [4.69, 9.17) is 10.7 Å². The quantitative estimate of drug-likeness (QED) is 0.322. The zero-order valence-electron chi connectivity index (χ0n) is 25.1. The zero-order valence-corrected chi connectivity index (χ0v) is 25.1. The van der Waals surface area contributed by atoms with Crippen LogP contribution in [0.1, 0.15) is 24.9 Å². The van der Waals surface area contributed by atoms with E-state index in [0.29, 0.717) is 23.6 Å². The number of aromatic nitrogens is 4. The Balaban J connectivity index is 1.02. The fourth-order valence-corrected chi connectivity index (χ4v) is 6.26. The van der Waals surface area contributed by atoms with Crippen LogP contribution >= 0.6 is 0 Å². The molecule has 2 atom stereocenters. The van der Waals surface area contributed by atoms with E-state index in [1.54, 1.807) is 0 Å². The summed E-state index contributed by atoms with van der Waals surface area (Å²) in [5.74, 6) is -0.0228. The van der Waals surface area contributed by atoms with Crippen molar-refractivity contribution in [2.24, 2.45) is 29.8 Å². The Morgan fingerprint density at radius 2 is 1.39 bits per heavy atom. The third kappa shape index (κ3) is 5.72. The number of anilines is 3. The molecule has 3 aliphatic heterocycles.